The van der Waals surface area contributed by atoms with Gasteiger partial charge in [0.1, 0.15) is 5.75 Å². The average molecular weight is 418 g/mol. The second-order valence-electron chi connectivity index (χ2n) is 5.94. The van der Waals surface area contributed by atoms with E-state index in [4.69, 9.17) is 4.74 Å². The Balaban J connectivity index is 1.71. The molecule has 9 heteroatoms. The van der Waals surface area contributed by atoms with Crippen LogP contribution in [0.25, 0.3) is 0 Å². The first-order valence-corrected chi connectivity index (χ1v) is 9.80. The van der Waals surface area contributed by atoms with Gasteiger partial charge in [0.15, 0.2) is 11.6 Å². The Labute approximate surface area is 166 Å². The van der Waals surface area contributed by atoms with Crippen LogP contribution in [-0.2, 0) is 10.0 Å². The molecular formula is C20H16F2N2O4S. The van der Waals surface area contributed by atoms with Gasteiger partial charge in [0.2, 0.25) is 0 Å². The molecule has 3 aromatic carbocycles. The molecule has 0 unspecified atom stereocenters. The number of carbonyl (C=O) groups is 1. The summed E-state index contributed by atoms with van der Waals surface area (Å²) in [7, 11) is -2.60. The van der Waals surface area contributed by atoms with Gasteiger partial charge < -0.3 is 10.1 Å². The second kappa shape index (κ2) is 8.27. The summed E-state index contributed by atoms with van der Waals surface area (Å²) >= 11 is 0. The molecule has 0 aliphatic rings. The van der Waals surface area contributed by atoms with Crippen LogP contribution in [0.4, 0.5) is 20.2 Å². The largest absolute Gasteiger partial charge is 0.497 e. The van der Waals surface area contributed by atoms with E-state index in [1.54, 1.807) is 24.3 Å². The van der Waals surface area contributed by atoms with Crippen molar-refractivity contribution in [2.24, 2.45) is 0 Å². The van der Waals surface area contributed by atoms with E-state index < -0.39 is 26.6 Å². The minimum atomic E-state index is -4.10. The molecule has 0 fully saturated rings. The highest BCUT2D eigenvalue weighted by molar-refractivity contribution is 7.92. The first-order chi connectivity index (χ1) is 13.8. The van der Waals surface area contributed by atoms with Gasteiger partial charge in [-0.05, 0) is 60.7 Å². The normalized spacial score (nSPS) is 11.0. The van der Waals surface area contributed by atoms with Gasteiger partial charge >= 0.3 is 0 Å². The van der Waals surface area contributed by atoms with Crippen LogP contribution in [0.5, 0.6) is 5.75 Å². The molecule has 0 bridgehead atoms. The number of nitrogens with one attached hydrogen (secondary N) is 2. The summed E-state index contributed by atoms with van der Waals surface area (Å²) in [5.41, 5.74) is 1.02. The van der Waals surface area contributed by atoms with Gasteiger partial charge in [-0.2, -0.15) is 0 Å². The molecule has 0 aliphatic carbocycles. The van der Waals surface area contributed by atoms with E-state index in [-0.39, 0.29) is 11.6 Å². The molecule has 2 N–H and O–H groups in total. The molecule has 1 amide bonds. The summed E-state index contributed by atoms with van der Waals surface area (Å²) in [5.74, 6) is -2.22. The fraction of sp³-hybridized carbons (Fsp3) is 0.0500. The van der Waals surface area contributed by atoms with E-state index in [0.717, 1.165) is 12.1 Å². The van der Waals surface area contributed by atoms with Crippen LogP contribution >= 0.6 is 0 Å². The van der Waals surface area contributed by atoms with Gasteiger partial charge in [0.05, 0.1) is 12.0 Å². The Morgan fingerprint density at radius 1 is 0.897 bits per heavy atom. The molecule has 0 spiro atoms. The molecule has 0 heterocycles. The van der Waals surface area contributed by atoms with Crippen molar-refractivity contribution in [3.63, 3.8) is 0 Å². The van der Waals surface area contributed by atoms with Crippen LogP contribution in [0.3, 0.4) is 0 Å². The highest BCUT2D eigenvalue weighted by Gasteiger charge is 2.17. The molecule has 0 radical (unpaired) electrons. The summed E-state index contributed by atoms with van der Waals surface area (Å²) in [6.45, 7) is 0. The van der Waals surface area contributed by atoms with Crippen LogP contribution in [0, 0.1) is 11.6 Å². The van der Waals surface area contributed by atoms with E-state index in [2.05, 4.69) is 10.0 Å². The fourth-order valence-corrected chi connectivity index (χ4v) is 3.52. The van der Waals surface area contributed by atoms with Crippen molar-refractivity contribution in [3.05, 3.63) is 83.9 Å². The third-order valence-electron chi connectivity index (χ3n) is 3.93. The first kappa shape index (κ1) is 20.3. The molecule has 6 nitrogen and oxygen atoms in total. The molecule has 3 aromatic rings. The van der Waals surface area contributed by atoms with Crippen molar-refractivity contribution in [1.29, 1.82) is 0 Å². The number of ether oxygens (including phenoxy) is 1. The molecule has 0 saturated heterocycles. The van der Waals surface area contributed by atoms with Crippen molar-refractivity contribution in [2.45, 2.75) is 4.90 Å². The fourth-order valence-electron chi connectivity index (χ4n) is 2.45. The van der Waals surface area contributed by atoms with E-state index in [9.17, 15) is 22.0 Å². The van der Waals surface area contributed by atoms with Gasteiger partial charge in [0, 0.05) is 16.9 Å². The van der Waals surface area contributed by atoms with Crippen LogP contribution in [0.2, 0.25) is 0 Å². The zero-order valence-corrected chi connectivity index (χ0v) is 16.0. The van der Waals surface area contributed by atoms with E-state index >= 15 is 0 Å². The standard InChI is InChI=1S/C20H16F2N2O4S/c1-28-16-4-2-3-13(11-16)20(25)23-14-5-7-15(8-6-14)24-29(26,27)17-9-10-18(21)19(22)12-17/h2-12,24H,1H3,(H,23,25). The van der Waals surface area contributed by atoms with Crippen molar-refractivity contribution in [2.75, 3.05) is 17.1 Å². The highest BCUT2D eigenvalue weighted by Crippen LogP contribution is 2.21. The van der Waals surface area contributed by atoms with Crippen molar-refractivity contribution >= 4 is 27.3 Å². The van der Waals surface area contributed by atoms with Gasteiger partial charge in [-0.15, -0.1) is 0 Å². The minimum absolute atomic E-state index is 0.189. The van der Waals surface area contributed by atoms with Crippen molar-refractivity contribution < 1.29 is 26.7 Å². The zero-order valence-electron chi connectivity index (χ0n) is 15.1. The summed E-state index contributed by atoms with van der Waals surface area (Å²) in [4.78, 5) is 11.9. The number of carbonyl (C=O) groups excluding carboxylic acids is 1. The van der Waals surface area contributed by atoms with Crippen LogP contribution in [0.1, 0.15) is 10.4 Å². The van der Waals surface area contributed by atoms with E-state index in [1.165, 1.54) is 31.4 Å². The Morgan fingerprint density at radius 2 is 1.59 bits per heavy atom. The molecular weight excluding hydrogens is 402 g/mol. The van der Waals surface area contributed by atoms with Gasteiger partial charge in [-0.25, -0.2) is 17.2 Å². The van der Waals surface area contributed by atoms with Crippen molar-refractivity contribution in [1.82, 2.24) is 0 Å². The van der Waals surface area contributed by atoms with Gasteiger partial charge in [-0.3, -0.25) is 9.52 Å². The predicted octanol–water partition coefficient (Wildman–Crippen LogP) is 4.03. The first-order valence-electron chi connectivity index (χ1n) is 8.32. The molecule has 29 heavy (non-hydrogen) atoms. The van der Waals surface area contributed by atoms with Gasteiger partial charge in [0.25, 0.3) is 15.9 Å². The number of benzene rings is 3. The monoisotopic (exact) mass is 418 g/mol. The molecule has 3 rings (SSSR count). The SMILES string of the molecule is COc1cccc(C(=O)Nc2ccc(NS(=O)(=O)c3ccc(F)c(F)c3)cc2)c1. The smallest absolute Gasteiger partial charge is 0.261 e. The number of hydrogen-bond donors (Lipinski definition) is 2. The molecule has 0 saturated carbocycles. The quantitative estimate of drug-likeness (QED) is 0.633. The summed E-state index contributed by atoms with van der Waals surface area (Å²) < 4.78 is 58.2. The van der Waals surface area contributed by atoms with Crippen LogP contribution in [-0.4, -0.2) is 21.4 Å². The molecule has 0 aliphatic heterocycles. The average Bonchev–Trinajstić information content (AvgIpc) is 2.71. The van der Waals surface area contributed by atoms with Crippen LogP contribution < -0.4 is 14.8 Å². The molecule has 0 atom stereocenters. The summed E-state index contributed by atoms with van der Waals surface area (Å²) in [5, 5.41) is 2.68. The highest BCUT2D eigenvalue weighted by atomic mass is 32.2. The lowest BCUT2D eigenvalue weighted by atomic mass is 10.2. The Hall–Kier alpha value is -3.46. The number of amides is 1. The lowest BCUT2D eigenvalue weighted by Gasteiger charge is -2.10. The number of sulfonamides is 1. The van der Waals surface area contributed by atoms with Gasteiger partial charge in [-0.1, -0.05) is 6.07 Å². The third kappa shape index (κ3) is 4.88. The summed E-state index contributed by atoms with van der Waals surface area (Å²) in [6, 6.07) is 14.8. The molecule has 150 valence electrons. The maximum atomic E-state index is 13.3. The Bertz CT molecular complexity index is 1150. The number of anilines is 2. The Morgan fingerprint density at radius 3 is 2.24 bits per heavy atom. The predicted molar refractivity (Wildman–Crippen MR) is 105 cm³/mol. The number of halogens is 2. The minimum Gasteiger partial charge on any atom is -0.497 e. The lowest BCUT2D eigenvalue weighted by Crippen LogP contribution is -2.14. The lowest BCUT2D eigenvalue weighted by molar-refractivity contribution is 0.102. The second-order valence-corrected chi connectivity index (χ2v) is 7.63. The molecule has 0 aromatic heterocycles. The number of hydrogen-bond acceptors (Lipinski definition) is 4. The topological polar surface area (TPSA) is 84.5 Å². The van der Waals surface area contributed by atoms with E-state index in [0.29, 0.717) is 23.1 Å². The number of methoxy groups -OCH3 is 1. The maximum absolute atomic E-state index is 13.3. The Kier molecular flexibility index (Phi) is 5.79. The zero-order chi connectivity index (χ0) is 21.0. The maximum Gasteiger partial charge on any atom is 0.261 e. The van der Waals surface area contributed by atoms with E-state index in [1.807, 2.05) is 0 Å². The third-order valence-corrected chi connectivity index (χ3v) is 5.31. The van der Waals surface area contributed by atoms with Crippen LogP contribution in [0.15, 0.2) is 71.6 Å². The van der Waals surface area contributed by atoms with Crippen molar-refractivity contribution in [3.8, 4) is 5.75 Å². The summed E-state index contributed by atoms with van der Waals surface area (Å²) in [6.07, 6.45) is 0. The number of rotatable bonds is 6.